The van der Waals surface area contributed by atoms with Gasteiger partial charge in [-0.2, -0.15) is 5.26 Å². The lowest BCUT2D eigenvalue weighted by Crippen LogP contribution is -1.94. The Labute approximate surface area is 90.2 Å². The van der Waals surface area contributed by atoms with E-state index in [1.54, 1.807) is 6.07 Å². The Bertz CT molecular complexity index is 515. The van der Waals surface area contributed by atoms with Gasteiger partial charge in [-0.1, -0.05) is 0 Å². The van der Waals surface area contributed by atoms with E-state index in [0.717, 1.165) is 18.2 Å². The number of hydrogen-bond donors (Lipinski definition) is 1. The quantitative estimate of drug-likeness (QED) is 0.618. The lowest BCUT2D eigenvalue weighted by atomic mass is 10.0. The third-order valence-corrected chi connectivity index (χ3v) is 1.80. The summed E-state index contributed by atoms with van der Waals surface area (Å²) >= 11 is 0. The number of nitrogens with zero attached hydrogens (tertiary/aromatic N) is 1. The highest BCUT2D eigenvalue weighted by atomic mass is 19.1. The highest BCUT2D eigenvalue weighted by Gasteiger charge is 2.08. The SMILES string of the molecule is N#Cc1c(F)cc(C=O)cc1/C=C/C(=O)O. The number of nitriles is 1. The number of carboxylic acid groups (broad SMARTS) is 1. The van der Waals surface area contributed by atoms with Crippen LogP contribution < -0.4 is 0 Å². The van der Waals surface area contributed by atoms with Crippen LogP contribution in [0.4, 0.5) is 4.39 Å². The Balaban J connectivity index is 3.35. The summed E-state index contributed by atoms with van der Waals surface area (Å²) < 4.78 is 13.3. The number of carbonyl (C=O) groups is 2. The fourth-order valence-electron chi connectivity index (χ4n) is 1.13. The molecule has 0 unspecified atom stereocenters. The fourth-order valence-corrected chi connectivity index (χ4v) is 1.13. The van der Waals surface area contributed by atoms with E-state index < -0.39 is 11.8 Å². The van der Waals surface area contributed by atoms with E-state index in [-0.39, 0.29) is 16.7 Å². The van der Waals surface area contributed by atoms with Crippen LogP contribution in [0.15, 0.2) is 18.2 Å². The lowest BCUT2D eigenvalue weighted by Gasteiger charge is -2.00. The Morgan fingerprint density at radius 1 is 1.50 bits per heavy atom. The van der Waals surface area contributed by atoms with Crippen molar-refractivity contribution in [3.63, 3.8) is 0 Å². The number of rotatable bonds is 3. The molecule has 0 saturated carbocycles. The molecule has 5 heteroatoms. The molecule has 16 heavy (non-hydrogen) atoms. The Kier molecular flexibility index (Phi) is 3.51. The molecule has 0 aromatic heterocycles. The van der Waals surface area contributed by atoms with Gasteiger partial charge in [-0.15, -0.1) is 0 Å². The lowest BCUT2D eigenvalue weighted by molar-refractivity contribution is -0.131. The van der Waals surface area contributed by atoms with Crippen LogP contribution >= 0.6 is 0 Å². The van der Waals surface area contributed by atoms with Gasteiger partial charge in [0, 0.05) is 11.6 Å². The largest absolute Gasteiger partial charge is 0.478 e. The minimum atomic E-state index is -1.22. The van der Waals surface area contributed by atoms with Gasteiger partial charge in [0.1, 0.15) is 18.2 Å². The summed E-state index contributed by atoms with van der Waals surface area (Å²) in [6, 6.07) is 3.77. The first kappa shape index (κ1) is 11.6. The average molecular weight is 219 g/mol. The van der Waals surface area contributed by atoms with Crippen LogP contribution in [-0.4, -0.2) is 17.4 Å². The number of aldehydes is 1. The molecule has 0 heterocycles. The summed E-state index contributed by atoms with van der Waals surface area (Å²) in [5.74, 6) is -2.07. The van der Waals surface area contributed by atoms with Crippen LogP contribution in [0.2, 0.25) is 0 Å². The van der Waals surface area contributed by atoms with Gasteiger partial charge in [-0.05, 0) is 23.8 Å². The molecule has 0 atom stereocenters. The summed E-state index contributed by atoms with van der Waals surface area (Å²) in [5.41, 5.74) is -0.184. The smallest absolute Gasteiger partial charge is 0.328 e. The van der Waals surface area contributed by atoms with Crippen molar-refractivity contribution >= 4 is 18.3 Å². The zero-order valence-electron chi connectivity index (χ0n) is 7.98. The van der Waals surface area contributed by atoms with Crippen LogP contribution in [0, 0.1) is 17.1 Å². The van der Waals surface area contributed by atoms with Crippen molar-refractivity contribution in [2.75, 3.05) is 0 Å². The van der Waals surface area contributed by atoms with Crippen molar-refractivity contribution in [2.24, 2.45) is 0 Å². The second-order valence-electron chi connectivity index (χ2n) is 2.87. The molecule has 0 spiro atoms. The van der Waals surface area contributed by atoms with Crippen LogP contribution in [-0.2, 0) is 4.79 Å². The minimum Gasteiger partial charge on any atom is -0.478 e. The van der Waals surface area contributed by atoms with E-state index in [1.807, 2.05) is 0 Å². The molecular formula is C11H6FNO3. The summed E-state index contributed by atoms with van der Waals surface area (Å²) in [7, 11) is 0. The van der Waals surface area contributed by atoms with Gasteiger partial charge >= 0.3 is 5.97 Å². The molecule has 0 radical (unpaired) electrons. The Morgan fingerprint density at radius 2 is 2.19 bits per heavy atom. The van der Waals surface area contributed by atoms with Gasteiger partial charge in [-0.25, -0.2) is 9.18 Å². The predicted octanol–water partition coefficient (Wildman–Crippen LogP) is 1.61. The molecule has 1 N–H and O–H groups in total. The van der Waals surface area contributed by atoms with Crippen LogP contribution in [0.3, 0.4) is 0 Å². The highest BCUT2D eigenvalue weighted by Crippen LogP contribution is 2.16. The van der Waals surface area contributed by atoms with Crippen molar-refractivity contribution in [3.8, 4) is 6.07 Å². The summed E-state index contributed by atoms with van der Waals surface area (Å²) in [6.07, 6.45) is 2.25. The normalized spacial score (nSPS) is 10.0. The van der Waals surface area contributed by atoms with E-state index in [2.05, 4.69) is 0 Å². The summed E-state index contributed by atoms with van der Waals surface area (Å²) in [6.45, 7) is 0. The first-order chi connectivity index (χ1) is 7.58. The minimum absolute atomic E-state index is 0.0431. The Hall–Kier alpha value is -2.48. The second-order valence-corrected chi connectivity index (χ2v) is 2.87. The number of carboxylic acids is 1. The zero-order valence-corrected chi connectivity index (χ0v) is 7.98. The second kappa shape index (κ2) is 4.84. The maximum absolute atomic E-state index is 13.3. The van der Waals surface area contributed by atoms with E-state index in [0.29, 0.717) is 6.29 Å². The van der Waals surface area contributed by atoms with Gasteiger partial charge in [0.05, 0.1) is 5.56 Å². The molecule has 0 aliphatic carbocycles. The fraction of sp³-hybridized carbons (Fsp3) is 0. The van der Waals surface area contributed by atoms with Crippen molar-refractivity contribution in [3.05, 3.63) is 40.7 Å². The molecule has 1 aromatic rings. The zero-order chi connectivity index (χ0) is 12.1. The highest BCUT2D eigenvalue weighted by molar-refractivity contribution is 5.86. The molecule has 0 aliphatic heterocycles. The van der Waals surface area contributed by atoms with Crippen LogP contribution in [0.25, 0.3) is 6.08 Å². The predicted molar refractivity (Wildman–Crippen MR) is 53.2 cm³/mol. The molecule has 1 aromatic carbocycles. The summed E-state index contributed by atoms with van der Waals surface area (Å²) in [5, 5.41) is 17.1. The van der Waals surface area contributed by atoms with Gasteiger partial charge < -0.3 is 5.11 Å². The standard InChI is InChI=1S/C11H6FNO3/c12-10-4-7(6-14)3-8(9(10)5-13)1-2-11(15)16/h1-4,6H,(H,15,16)/b2-1+. The van der Waals surface area contributed by atoms with Crippen LogP contribution in [0.5, 0.6) is 0 Å². The van der Waals surface area contributed by atoms with Crippen molar-refractivity contribution in [2.45, 2.75) is 0 Å². The van der Waals surface area contributed by atoms with E-state index >= 15 is 0 Å². The number of benzene rings is 1. The number of aliphatic carboxylic acids is 1. The molecule has 0 amide bonds. The molecular weight excluding hydrogens is 213 g/mol. The molecule has 1 rings (SSSR count). The first-order valence-electron chi connectivity index (χ1n) is 4.18. The average Bonchev–Trinajstić information content (AvgIpc) is 2.25. The van der Waals surface area contributed by atoms with Gasteiger partial charge in [0.15, 0.2) is 0 Å². The van der Waals surface area contributed by atoms with Crippen molar-refractivity contribution in [1.29, 1.82) is 5.26 Å². The first-order valence-corrected chi connectivity index (χ1v) is 4.18. The third-order valence-electron chi connectivity index (χ3n) is 1.80. The topological polar surface area (TPSA) is 78.2 Å². The Morgan fingerprint density at radius 3 is 2.69 bits per heavy atom. The summed E-state index contributed by atoms with van der Waals surface area (Å²) in [4.78, 5) is 20.7. The molecule has 80 valence electrons. The number of hydrogen-bond acceptors (Lipinski definition) is 3. The van der Waals surface area contributed by atoms with Crippen molar-refractivity contribution < 1.29 is 19.1 Å². The molecule has 0 aliphatic rings. The monoisotopic (exact) mass is 219 g/mol. The third kappa shape index (κ3) is 2.51. The van der Waals surface area contributed by atoms with Crippen molar-refractivity contribution in [1.82, 2.24) is 0 Å². The number of halogens is 1. The van der Waals surface area contributed by atoms with E-state index in [4.69, 9.17) is 10.4 Å². The number of carbonyl (C=O) groups excluding carboxylic acids is 1. The molecule has 4 nitrogen and oxygen atoms in total. The molecule has 0 fully saturated rings. The van der Waals surface area contributed by atoms with Crippen LogP contribution in [0.1, 0.15) is 21.5 Å². The van der Waals surface area contributed by atoms with Gasteiger partial charge in [0.2, 0.25) is 0 Å². The van der Waals surface area contributed by atoms with E-state index in [9.17, 15) is 14.0 Å². The maximum atomic E-state index is 13.3. The van der Waals surface area contributed by atoms with Gasteiger partial charge in [0.25, 0.3) is 0 Å². The van der Waals surface area contributed by atoms with Gasteiger partial charge in [-0.3, -0.25) is 4.79 Å². The van der Waals surface area contributed by atoms with E-state index in [1.165, 1.54) is 6.07 Å². The molecule has 0 bridgehead atoms. The molecule has 0 saturated heterocycles. The maximum Gasteiger partial charge on any atom is 0.328 e.